The zero-order chi connectivity index (χ0) is 14.5. The molecule has 1 aliphatic rings. The summed E-state index contributed by atoms with van der Waals surface area (Å²) in [6, 6.07) is 8.81. The summed E-state index contributed by atoms with van der Waals surface area (Å²) in [4.78, 5) is 12.2. The Hall–Kier alpha value is -1.31. The van der Waals surface area contributed by atoms with Gasteiger partial charge < -0.3 is 5.32 Å². The minimum Gasteiger partial charge on any atom is -0.349 e. The quantitative estimate of drug-likeness (QED) is 0.784. The molecule has 1 aromatic rings. The van der Waals surface area contributed by atoms with E-state index in [-0.39, 0.29) is 11.9 Å². The Morgan fingerprint density at radius 1 is 1.30 bits per heavy atom. The lowest BCUT2D eigenvalue weighted by molar-refractivity contribution is -0.122. The number of rotatable bonds is 7. The molecular formula is C18H27NO. The van der Waals surface area contributed by atoms with E-state index in [0.29, 0.717) is 18.3 Å². The molecule has 0 spiro atoms. The van der Waals surface area contributed by atoms with Gasteiger partial charge in [0.2, 0.25) is 5.91 Å². The van der Waals surface area contributed by atoms with E-state index in [1.807, 2.05) is 0 Å². The standard InChI is InChI=1S/C18H27NO/c1-4-5-14(3)12-17(20)19-18(16-10-11-16)15-8-6-13(2)7-9-15/h6-9,14,16,18H,4-5,10-12H2,1-3H3,(H,19,20). The summed E-state index contributed by atoms with van der Waals surface area (Å²) in [5.41, 5.74) is 2.53. The third-order valence-electron chi connectivity index (χ3n) is 4.16. The maximum atomic E-state index is 12.2. The molecule has 2 heteroatoms. The van der Waals surface area contributed by atoms with E-state index in [1.165, 1.54) is 24.0 Å². The van der Waals surface area contributed by atoms with Crippen LogP contribution < -0.4 is 5.32 Å². The zero-order valence-electron chi connectivity index (χ0n) is 13.0. The molecule has 1 saturated carbocycles. The van der Waals surface area contributed by atoms with Crippen molar-refractivity contribution in [1.29, 1.82) is 0 Å². The average Bonchev–Trinajstić information content (AvgIpc) is 3.21. The van der Waals surface area contributed by atoms with E-state index < -0.39 is 0 Å². The predicted molar refractivity (Wildman–Crippen MR) is 83.5 cm³/mol. The molecule has 1 N–H and O–H groups in total. The van der Waals surface area contributed by atoms with Gasteiger partial charge in [-0.15, -0.1) is 0 Å². The van der Waals surface area contributed by atoms with Crippen LogP contribution in [-0.4, -0.2) is 5.91 Å². The highest BCUT2D eigenvalue weighted by Crippen LogP contribution is 2.41. The van der Waals surface area contributed by atoms with Crippen LogP contribution in [0.3, 0.4) is 0 Å². The smallest absolute Gasteiger partial charge is 0.220 e. The Morgan fingerprint density at radius 3 is 2.50 bits per heavy atom. The molecule has 1 fully saturated rings. The van der Waals surface area contributed by atoms with Crippen molar-refractivity contribution in [3.8, 4) is 0 Å². The maximum absolute atomic E-state index is 12.2. The van der Waals surface area contributed by atoms with Gasteiger partial charge in [-0.3, -0.25) is 4.79 Å². The van der Waals surface area contributed by atoms with Crippen molar-refractivity contribution in [2.45, 2.75) is 58.9 Å². The lowest BCUT2D eigenvalue weighted by Crippen LogP contribution is -2.30. The number of hydrogen-bond donors (Lipinski definition) is 1. The highest BCUT2D eigenvalue weighted by molar-refractivity contribution is 5.76. The van der Waals surface area contributed by atoms with Gasteiger partial charge in [0.05, 0.1) is 6.04 Å². The number of amides is 1. The van der Waals surface area contributed by atoms with E-state index in [0.717, 1.165) is 12.8 Å². The van der Waals surface area contributed by atoms with Gasteiger partial charge in [-0.2, -0.15) is 0 Å². The van der Waals surface area contributed by atoms with Gasteiger partial charge >= 0.3 is 0 Å². The second-order valence-corrected chi connectivity index (χ2v) is 6.39. The van der Waals surface area contributed by atoms with Crippen LogP contribution in [-0.2, 0) is 4.79 Å². The number of aryl methyl sites for hydroxylation is 1. The molecule has 20 heavy (non-hydrogen) atoms. The first-order valence-electron chi connectivity index (χ1n) is 7.96. The number of carbonyl (C=O) groups excluding carboxylic acids is 1. The van der Waals surface area contributed by atoms with Gasteiger partial charge in [-0.1, -0.05) is 56.5 Å². The summed E-state index contributed by atoms with van der Waals surface area (Å²) in [6.07, 6.45) is 5.42. The van der Waals surface area contributed by atoms with Crippen molar-refractivity contribution >= 4 is 5.91 Å². The summed E-state index contributed by atoms with van der Waals surface area (Å²) in [7, 11) is 0. The molecule has 1 aromatic carbocycles. The van der Waals surface area contributed by atoms with Gasteiger partial charge in [0.1, 0.15) is 0 Å². The van der Waals surface area contributed by atoms with Crippen LogP contribution in [0.5, 0.6) is 0 Å². The first-order valence-corrected chi connectivity index (χ1v) is 7.96. The Kier molecular flexibility index (Phi) is 5.22. The SMILES string of the molecule is CCCC(C)CC(=O)NC(c1ccc(C)cc1)C1CC1. The van der Waals surface area contributed by atoms with Crippen LogP contribution >= 0.6 is 0 Å². The van der Waals surface area contributed by atoms with E-state index in [2.05, 4.69) is 50.4 Å². The molecule has 2 nitrogen and oxygen atoms in total. The summed E-state index contributed by atoms with van der Waals surface area (Å²) in [6.45, 7) is 6.44. The third-order valence-corrected chi connectivity index (χ3v) is 4.16. The fraction of sp³-hybridized carbons (Fsp3) is 0.611. The maximum Gasteiger partial charge on any atom is 0.220 e. The molecule has 2 unspecified atom stereocenters. The van der Waals surface area contributed by atoms with Gasteiger partial charge in [0.25, 0.3) is 0 Å². The van der Waals surface area contributed by atoms with Crippen molar-refractivity contribution in [3.63, 3.8) is 0 Å². The molecule has 0 heterocycles. The fourth-order valence-electron chi connectivity index (χ4n) is 2.82. The van der Waals surface area contributed by atoms with Gasteiger partial charge in [0, 0.05) is 6.42 Å². The van der Waals surface area contributed by atoms with E-state index in [9.17, 15) is 4.79 Å². The van der Waals surface area contributed by atoms with E-state index >= 15 is 0 Å². The molecule has 1 aliphatic carbocycles. The number of hydrogen-bond acceptors (Lipinski definition) is 1. The highest BCUT2D eigenvalue weighted by atomic mass is 16.1. The van der Waals surface area contributed by atoms with Crippen LogP contribution in [0.25, 0.3) is 0 Å². The predicted octanol–water partition coefficient (Wildman–Crippen LogP) is 4.39. The summed E-state index contributed by atoms with van der Waals surface area (Å²) in [5.74, 6) is 1.34. The topological polar surface area (TPSA) is 29.1 Å². The lowest BCUT2D eigenvalue weighted by atomic mass is 9.98. The minimum atomic E-state index is 0.212. The molecule has 110 valence electrons. The molecule has 2 atom stereocenters. The van der Waals surface area contributed by atoms with E-state index in [1.54, 1.807) is 0 Å². The summed E-state index contributed by atoms with van der Waals surface area (Å²) >= 11 is 0. The van der Waals surface area contributed by atoms with Crippen molar-refractivity contribution in [2.24, 2.45) is 11.8 Å². The number of benzene rings is 1. The third kappa shape index (κ3) is 4.36. The number of carbonyl (C=O) groups is 1. The second-order valence-electron chi connectivity index (χ2n) is 6.39. The van der Waals surface area contributed by atoms with Gasteiger partial charge in [0.15, 0.2) is 0 Å². The highest BCUT2D eigenvalue weighted by Gasteiger charge is 2.33. The first-order chi connectivity index (χ1) is 9.60. The molecule has 1 amide bonds. The number of nitrogens with one attached hydrogen (secondary N) is 1. The average molecular weight is 273 g/mol. The van der Waals surface area contributed by atoms with Gasteiger partial charge in [-0.05, 0) is 37.2 Å². The monoisotopic (exact) mass is 273 g/mol. The lowest BCUT2D eigenvalue weighted by Gasteiger charge is -2.20. The Bertz CT molecular complexity index is 433. The minimum absolute atomic E-state index is 0.212. The largest absolute Gasteiger partial charge is 0.349 e. The molecule has 0 saturated heterocycles. The second kappa shape index (κ2) is 6.92. The van der Waals surface area contributed by atoms with Crippen molar-refractivity contribution < 1.29 is 4.79 Å². The van der Waals surface area contributed by atoms with Crippen molar-refractivity contribution in [1.82, 2.24) is 5.32 Å². The van der Waals surface area contributed by atoms with Crippen LogP contribution in [0.15, 0.2) is 24.3 Å². The Morgan fingerprint density at radius 2 is 1.95 bits per heavy atom. The van der Waals surface area contributed by atoms with Crippen molar-refractivity contribution in [3.05, 3.63) is 35.4 Å². The van der Waals surface area contributed by atoms with Crippen LogP contribution in [0.2, 0.25) is 0 Å². The van der Waals surface area contributed by atoms with Crippen LogP contribution in [0.4, 0.5) is 0 Å². The fourth-order valence-corrected chi connectivity index (χ4v) is 2.82. The summed E-state index contributed by atoms with van der Waals surface area (Å²) in [5, 5.41) is 3.27. The van der Waals surface area contributed by atoms with Crippen molar-refractivity contribution in [2.75, 3.05) is 0 Å². The molecule has 0 aromatic heterocycles. The molecule has 0 aliphatic heterocycles. The molecular weight excluding hydrogens is 246 g/mol. The Labute approximate surface area is 123 Å². The van der Waals surface area contributed by atoms with Crippen LogP contribution in [0, 0.1) is 18.8 Å². The van der Waals surface area contributed by atoms with Crippen LogP contribution in [0.1, 0.15) is 63.1 Å². The van der Waals surface area contributed by atoms with Gasteiger partial charge in [-0.25, -0.2) is 0 Å². The summed E-state index contributed by atoms with van der Waals surface area (Å²) < 4.78 is 0. The van der Waals surface area contributed by atoms with E-state index in [4.69, 9.17) is 0 Å². The zero-order valence-corrected chi connectivity index (χ0v) is 13.0. The molecule has 0 radical (unpaired) electrons. The molecule has 0 bridgehead atoms. The normalized spacial score (nSPS) is 17.6. The first kappa shape index (κ1) is 15.1. The molecule has 2 rings (SSSR count). The Balaban J connectivity index is 1.96.